The van der Waals surface area contributed by atoms with Crippen LogP contribution in [-0.2, 0) is 4.79 Å². The number of amides is 2. The molecule has 1 fully saturated rings. The molecule has 5 nitrogen and oxygen atoms in total. The van der Waals surface area contributed by atoms with Gasteiger partial charge in [-0.2, -0.15) is 0 Å². The number of hydrogen-bond acceptors (Lipinski definition) is 3. The number of benzene rings is 2. The van der Waals surface area contributed by atoms with Gasteiger partial charge in [-0.1, -0.05) is 49.4 Å². The number of nitrogens with zero attached hydrogens (tertiary/aromatic N) is 1. The van der Waals surface area contributed by atoms with Gasteiger partial charge in [-0.3, -0.25) is 9.59 Å². The van der Waals surface area contributed by atoms with Crippen LogP contribution in [0.3, 0.4) is 0 Å². The topological polar surface area (TPSA) is 72.6 Å². The van der Waals surface area contributed by atoms with Gasteiger partial charge in [-0.25, -0.2) is 0 Å². The first-order chi connectivity index (χ1) is 12.6. The van der Waals surface area contributed by atoms with E-state index in [4.69, 9.17) is 10.5 Å². The highest BCUT2D eigenvalue weighted by Crippen LogP contribution is 2.33. The van der Waals surface area contributed by atoms with Crippen molar-refractivity contribution >= 4 is 11.8 Å². The standard InChI is InChI=1S/C21H24N2O3/c1-15-13-23(12-11-17(15)16-7-3-2-4-8-16)21(25)18-9-5-6-10-19(18)26-14-20(22)24/h2-10,15,17H,11-14H2,1H3,(H2,22,24). The average Bonchev–Trinajstić information content (AvgIpc) is 2.66. The molecule has 2 atom stereocenters. The second kappa shape index (κ2) is 8.04. The van der Waals surface area contributed by atoms with E-state index in [2.05, 4.69) is 31.2 Å². The molecule has 26 heavy (non-hydrogen) atoms. The van der Waals surface area contributed by atoms with E-state index in [1.165, 1.54) is 5.56 Å². The predicted octanol–water partition coefficient (Wildman–Crippen LogP) is 2.82. The van der Waals surface area contributed by atoms with Crippen molar-refractivity contribution in [2.45, 2.75) is 19.3 Å². The lowest BCUT2D eigenvalue weighted by Crippen LogP contribution is -2.42. The summed E-state index contributed by atoms with van der Waals surface area (Å²) in [5.74, 6) is 0.595. The van der Waals surface area contributed by atoms with Crippen molar-refractivity contribution < 1.29 is 14.3 Å². The molecule has 5 heteroatoms. The van der Waals surface area contributed by atoms with Crippen LogP contribution in [-0.4, -0.2) is 36.4 Å². The first-order valence-corrected chi connectivity index (χ1v) is 8.90. The molecule has 1 aliphatic heterocycles. The quantitative estimate of drug-likeness (QED) is 0.899. The smallest absolute Gasteiger partial charge is 0.257 e. The maximum absolute atomic E-state index is 13.0. The Labute approximate surface area is 153 Å². The lowest BCUT2D eigenvalue weighted by atomic mass is 9.81. The number of carbonyl (C=O) groups is 2. The summed E-state index contributed by atoms with van der Waals surface area (Å²) >= 11 is 0. The van der Waals surface area contributed by atoms with Crippen LogP contribution in [0.25, 0.3) is 0 Å². The van der Waals surface area contributed by atoms with Gasteiger partial charge in [0.05, 0.1) is 5.56 Å². The number of piperidine rings is 1. The maximum atomic E-state index is 13.0. The second-order valence-electron chi connectivity index (χ2n) is 6.79. The van der Waals surface area contributed by atoms with E-state index in [9.17, 15) is 9.59 Å². The number of nitrogens with two attached hydrogens (primary N) is 1. The molecule has 3 rings (SSSR count). The molecule has 0 aromatic heterocycles. The normalized spacial score (nSPS) is 19.8. The fraction of sp³-hybridized carbons (Fsp3) is 0.333. The minimum absolute atomic E-state index is 0.0663. The van der Waals surface area contributed by atoms with Crippen LogP contribution in [0.5, 0.6) is 5.75 Å². The molecule has 0 saturated carbocycles. The van der Waals surface area contributed by atoms with E-state index < -0.39 is 5.91 Å². The average molecular weight is 352 g/mol. The van der Waals surface area contributed by atoms with Crippen LogP contribution < -0.4 is 10.5 Å². The molecule has 136 valence electrons. The molecule has 2 aromatic rings. The third-order valence-corrected chi connectivity index (χ3v) is 4.91. The number of ether oxygens (including phenoxy) is 1. The van der Waals surface area contributed by atoms with Crippen molar-refractivity contribution in [2.75, 3.05) is 19.7 Å². The van der Waals surface area contributed by atoms with Crippen molar-refractivity contribution in [3.05, 3.63) is 65.7 Å². The Kier molecular flexibility index (Phi) is 5.56. The van der Waals surface area contributed by atoms with Gasteiger partial charge in [0.15, 0.2) is 6.61 Å². The zero-order valence-electron chi connectivity index (χ0n) is 14.9. The lowest BCUT2D eigenvalue weighted by Gasteiger charge is -2.37. The minimum atomic E-state index is -0.565. The van der Waals surface area contributed by atoms with Gasteiger partial charge in [0, 0.05) is 13.1 Å². The molecular weight excluding hydrogens is 328 g/mol. The summed E-state index contributed by atoms with van der Waals surface area (Å²) in [5.41, 5.74) is 6.94. The Morgan fingerprint density at radius 3 is 2.50 bits per heavy atom. The van der Waals surface area contributed by atoms with E-state index in [1.54, 1.807) is 24.3 Å². The lowest BCUT2D eigenvalue weighted by molar-refractivity contribution is -0.119. The Bertz CT molecular complexity index is 776. The molecule has 0 aliphatic carbocycles. The van der Waals surface area contributed by atoms with Gasteiger partial charge in [-0.05, 0) is 36.0 Å². The van der Waals surface area contributed by atoms with E-state index >= 15 is 0 Å². The van der Waals surface area contributed by atoms with Crippen LogP contribution >= 0.6 is 0 Å². The number of primary amides is 1. The summed E-state index contributed by atoms with van der Waals surface area (Å²) in [6.07, 6.45) is 0.932. The summed E-state index contributed by atoms with van der Waals surface area (Å²) in [4.78, 5) is 25.8. The van der Waals surface area contributed by atoms with Gasteiger partial charge < -0.3 is 15.4 Å². The van der Waals surface area contributed by atoms with Gasteiger partial charge in [0.25, 0.3) is 11.8 Å². The Hall–Kier alpha value is -2.82. The molecular formula is C21H24N2O3. The largest absolute Gasteiger partial charge is 0.483 e. The molecule has 2 amide bonds. The molecule has 0 bridgehead atoms. The SMILES string of the molecule is CC1CN(C(=O)c2ccccc2OCC(N)=O)CCC1c1ccccc1. The van der Waals surface area contributed by atoms with E-state index in [0.29, 0.717) is 36.2 Å². The van der Waals surface area contributed by atoms with E-state index in [-0.39, 0.29) is 12.5 Å². The third-order valence-electron chi connectivity index (χ3n) is 4.91. The predicted molar refractivity (Wildman–Crippen MR) is 100.0 cm³/mol. The summed E-state index contributed by atoms with van der Waals surface area (Å²) in [5, 5.41) is 0. The maximum Gasteiger partial charge on any atom is 0.257 e. The first-order valence-electron chi connectivity index (χ1n) is 8.90. The number of hydrogen-bond donors (Lipinski definition) is 1. The molecule has 1 aliphatic rings. The van der Waals surface area contributed by atoms with Crippen molar-refractivity contribution in [2.24, 2.45) is 11.7 Å². The van der Waals surface area contributed by atoms with Gasteiger partial charge in [0.2, 0.25) is 0 Å². The van der Waals surface area contributed by atoms with Crippen LogP contribution in [0.15, 0.2) is 54.6 Å². The highest BCUT2D eigenvalue weighted by molar-refractivity contribution is 5.97. The summed E-state index contributed by atoms with van der Waals surface area (Å²) < 4.78 is 5.41. The van der Waals surface area contributed by atoms with Crippen molar-refractivity contribution in [1.82, 2.24) is 4.90 Å². The Balaban J connectivity index is 1.71. The first kappa shape index (κ1) is 18.0. The Morgan fingerprint density at radius 2 is 1.81 bits per heavy atom. The summed E-state index contributed by atoms with van der Waals surface area (Å²) in [7, 11) is 0. The van der Waals surface area contributed by atoms with Crippen molar-refractivity contribution in [3.8, 4) is 5.75 Å². The van der Waals surface area contributed by atoms with Crippen molar-refractivity contribution in [1.29, 1.82) is 0 Å². The fourth-order valence-corrected chi connectivity index (χ4v) is 3.61. The second-order valence-corrected chi connectivity index (χ2v) is 6.79. The molecule has 1 heterocycles. The van der Waals surface area contributed by atoms with Gasteiger partial charge >= 0.3 is 0 Å². The zero-order valence-corrected chi connectivity index (χ0v) is 14.9. The van der Waals surface area contributed by atoms with Crippen LogP contribution in [0.4, 0.5) is 0 Å². The summed E-state index contributed by atoms with van der Waals surface area (Å²) in [6, 6.07) is 17.5. The number of para-hydroxylation sites is 1. The molecule has 1 saturated heterocycles. The molecule has 0 radical (unpaired) electrons. The fourth-order valence-electron chi connectivity index (χ4n) is 3.61. The zero-order chi connectivity index (χ0) is 18.5. The van der Waals surface area contributed by atoms with Crippen LogP contribution in [0.1, 0.15) is 35.2 Å². The van der Waals surface area contributed by atoms with Gasteiger partial charge in [-0.15, -0.1) is 0 Å². The van der Waals surface area contributed by atoms with Gasteiger partial charge in [0.1, 0.15) is 5.75 Å². The molecule has 2 aromatic carbocycles. The molecule has 2 N–H and O–H groups in total. The monoisotopic (exact) mass is 352 g/mol. The highest BCUT2D eigenvalue weighted by atomic mass is 16.5. The van der Waals surface area contributed by atoms with E-state index in [0.717, 1.165) is 6.42 Å². The highest BCUT2D eigenvalue weighted by Gasteiger charge is 2.30. The van der Waals surface area contributed by atoms with E-state index in [1.807, 2.05) is 11.0 Å². The minimum Gasteiger partial charge on any atom is -0.483 e. The number of rotatable bonds is 5. The molecule has 2 unspecified atom stereocenters. The Morgan fingerprint density at radius 1 is 1.12 bits per heavy atom. The van der Waals surface area contributed by atoms with Crippen LogP contribution in [0.2, 0.25) is 0 Å². The number of carbonyl (C=O) groups excluding carboxylic acids is 2. The van der Waals surface area contributed by atoms with Crippen molar-refractivity contribution in [3.63, 3.8) is 0 Å². The number of likely N-dealkylation sites (tertiary alicyclic amines) is 1. The summed E-state index contributed by atoms with van der Waals surface area (Å²) in [6.45, 7) is 3.35. The van der Waals surface area contributed by atoms with Crippen LogP contribution in [0, 0.1) is 5.92 Å². The molecule has 0 spiro atoms. The third kappa shape index (κ3) is 4.04.